The molecule has 2 fully saturated rings. The molecule has 2 aliphatic rings. The van der Waals surface area contributed by atoms with E-state index in [2.05, 4.69) is 6.92 Å². The van der Waals surface area contributed by atoms with Gasteiger partial charge in [-0.05, 0) is 24.7 Å². The van der Waals surface area contributed by atoms with Crippen molar-refractivity contribution in [2.75, 3.05) is 33.3 Å². The summed E-state index contributed by atoms with van der Waals surface area (Å²) in [6, 6.07) is 0. The van der Waals surface area contributed by atoms with Crippen molar-refractivity contribution in [1.82, 2.24) is 10.1 Å². The molecule has 142 valence electrons. The van der Waals surface area contributed by atoms with Gasteiger partial charge in [0.25, 0.3) is 0 Å². The van der Waals surface area contributed by atoms with Crippen molar-refractivity contribution >= 4 is 0 Å². The lowest BCUT2D eigenvalue weighted by Crippen LogP contribution is -2.40. The average molecular weight is 337 g/mol. The summed E-state index contributed by atoms with van der Waals surface area (Å²) in [6.07, 6.45) is 1.76. The number of β-amino-alcohol motifs (C(OH)–C–C–N with tert-alkyl or cyclic N) is 1. The first-order valence-corrected chi connectivity index (χ1v) is 8.99. The van der Waals surface area contributed by atoms with Crippen molar-refractivity contribution in [1.29, 1.82) is 0 Å². The van der Waals surface area contributed by atoms with Crippen LogP contribution in [0, 0.1) is 11.8 Å². The van der Waals surface area contributed by atoms with E-state index in [1.165, 1.54) is 10.1 Å². The second-order valence-electron chi connectivity index (χ2n) is 5.94. The standard InChI is InChI=1S/C7H15NO2.C6H13NO2.2C2H6/c1-6-3-7(10-2)5-8(9)4-6;1-5-2-6(8)4-7(9)3-5;2*1-2/h6-7,9H,3-5H2,1-2H3;5-6,8-9H,2-4H2,1H3;2*1-2H3. The van der Waals surface area contributed by atoms with Crippen LogP contribution in [-0.4, -0.2) is 71.1 Å². The molecular formula is C17H40N2O4. The quantitative estimate of drug-likeness (QED) is 0.683. The Balaban J connectivity index is 0. The highest BCUT2D eigenvalue weighted by Crippen LogP contribution is 2.16. The molecule has 0 aromatic carbocycles. The summed E-state index contributed by atoms with van der Waals surface area (Å²) in [5.74, 6) is 0.961. The van der Waals surface area contributed by atoms with Gasteiger partial charge in [0.2, 0.25) is 0 Å². The van der Waals surface area contributed by atoms with Gasteiger partial charge in [0.05, 0.1) is 18.8 Å². The van der Waals surface area contributed by atoms with Crippen LogP contribution in [0.5, 0.6) is 0 Å². The third-order valence-corrected chi connectivity index (χ3v) is 3.55. The van der Waals surface area contributed by atoms with Crippen molar-refractivity contribution in [2.45, 2.75) is 66.6 Å². The van der Waals surface area contributed by atoms with E-state index in [9.17, 15) is 0 Å². The Bertz CT molecular complexity index is 222. The molecule has 0 spiro atoms. The Morgan fingerprint density at radius 3 is 1.57 bits per heavy atom. The monoisotopic (exact) mass is 336 g/mol. The zero-order valence-electron chi connectivity index (χ0n) is 16.2. The van der Waals surface area contributed by atoms with Crippen LogP contribution in [0.4, 0.5) is 0 Å². The fraction of sp³-hybridized carbons (Fsp3) is 1.00. The van der Waals surface area contributed by atoms with Gasteiger partial charge in [0, 0.05) is 26.7 Å². The van der Waals surface area contributed by atoms with Crippen LogP contribution in [0.2, 0.25) is 0 Å². The summed E-state index contributed by atoms with van der Waals surface area (Å²) in [6.45, 7) is 14.7. The van der Waals surface area contributed by atoms with E-state index in [0.717, 1.165) is 19.4 Å². The number of hydroxylamine groups is 4. The van der Waals surface area contributed by atoms with Gasteiger partial charge in [-0.2, -0.15) is 10.1 Å². The second-order valence-corrected chi connectivity index (χ2v) is 5.94. The molecule has 2 aliphatic heterocycles. The molecule has 0 radical (unpaired) electrons. The molecule has 2 rings (SSSR count). The maximum absolute atomic E-state index is 9.13. The van der Waals surface area contributed by atoms with Gasteiger partial charge in [-0.1, -0.05) is 41.5 Å². The van der Waals surface area contributed by atoms with E-state index in [0.29, 0.717) is 31.5 Å². The Hall–Kier alpha value is -0.240. The third-order valence-electron chi connectivity index (χ3n) is 3.55. The molecule has 0 bridgehead atoms. The number of aliphatic hydroxyl groups excluding tert-OH is 1. The SMILES string of the molecule is CC.CC.CC1CC(O)CN(O)C1.COC1CC(C)CN(O)C1. The molecule has 2 heterocycles. The summed E-state index contributed by atoms with van der Waals surface area (Å²) in [5.41, 5.74) is 0. The highest BCUT2D eigenvalue weighted by Gasteiger charge is 2.23. The van der Waals surface area contributed by atoms with Crippen molar-refractivity contribution in [2.24, 2.45) is 11.8 Å². The molecule has 0 amide bonds. The van der Waals surface area contributed by atoms with Crippen molar-refractivity contribution < 1.29 is 20.3 Å². The Morgan fingerprint density at radius 2 is 1.22 bits per heavy atom. The predicted octanol–water partition coefficient (Wildman–Crippen LogP) is 2.86. The van der Waals surface area contributed by atoms with Crippen LogP contribution in [-0.2, 0) is 4.74 Å². The Morgan fingerprint density at radius 1 is 0.783 bits per heavy atom. The lowest BCUT2D eigenvalue weighted by atomic mass is 9.99. The molecule has 0 aromatic heterocycles. The number of nitrogens with zero attached hydrogens (tertiary/aromatic N) is 2. The highest BCUT2D eigenvalue weighted by atomic mass is 16.5. The van der Waals surface area contributed by atoms with Crippen LogP contribution in [0.25, 0.3) is 0 Å². The Kier molecular flexibility index (Phi) is 16.6. The van der Waals surface area contributed by atoms with Gasteiger partial charge in [0.1, 0.15) is 0 Å². The van der Waals surface area contributed by atoms with Gasteiger partial charge in [-0.25, -0.2) is 0 Å². The van der Waals surface area contributed by atoms with E-state index in [-0.39, 0.29) is 12.2 Å². The van der Waals surface area contributed by atoms with Crippen LogP contribution >= 0.6 is 0 Å². The van der Waals surface area contributed by atoms with E-state index in [1.807, 2.05) is 34.6 Å². The number of methoxy groups -OCH3 is 1. The number of aliphatic hydroxyl groups is 1. The second kappa shape index (κ2) is 15.3. The smallest absolute Gasteiger partial charge is 0.0724 e. The molecule has 0 saturated carbocycles. The Labute approximate surface area is 143 Å². The first kappa shape index (κ1) is 25.0. The molecule has 6 heteroatoms. The van der Waals surface area contributed by atoms with Crippen LogP contribution in [0.3, 0.4) is 0 Å². The molecule has 0 aliphatic carbocycles. The zero-order chi connectivity index (χ0) is 18.4. The minimum atomic E-state index is -0.334. The van der Waals surface area contributed by atoms with E-state index < -0.39 is 0 Å². The van der Waals surface area contributed by atoms with Crippen molar-refractivity contribution in [3.05, 3.63) is 0 Å². The molecule has 6 nitrogen and oxygen atoms in total. The van der Waals surface area contributed by atoms with Gasteiger partial charge in [-0.15, -0.1) is 0 Å². The van der Waals surface area contributed by atoms with Gasteiger partial charge < -0.3 is 20.3 Å². The van der Waals surface area contributed by atoms with Gasteiger partial charge in [0.15, 0.2) is 0 Å². The van der Waals surface area contributed by atoms with E-state index >= 15 is 0 Å². The highest BCUT2D eigenvalue weighted by molar-refractivity contribution is 4.72. The van der Waals surface area contributed by atoms with E-state index in [4.69, 9.17) is 20.3 Å². The van der Waals surface area contributed by atoms with Crippen LogP contribution < -0.4 is 0 Å². The number of ether oxygens (including phenoxy) is 1. The number of piperidine rings is 2. The summed E-state index contributed by atoms with van der Waals surface area (Å²) in [4.78, 5) is 0. The molecule has 0 aromatic rings. The first-order chi connectivity index (χ1) is 10.9. The zero-order valence-corrected chi connectivity index (χ0v) is 16.2. The summed E-state index contributed by atoms with van der Waals surface area (Å²) in [7, 11) is 1.69. The molecular weight excluding hydrogens is 296 g/mol. The molecule has 2 saturated heterocycles. The number of rotatable bonds is 1. The van der Waals surface area contributed by atoms with Crippen molar-refractivity contribution in [3.8, 4) is 0 Å². The van der Waals surface area contributed by atoms with Crippen molar-refractivity contribution in [3.63, 3.8) is 0 Å². The summed E-state index contributed by atoms with van der Waals surface area (Å²) < 4.78 is 5.13. The van der Waals surface area contributed by atoms with Crippen LogP contribution in [0.1, 0.15) is 54.4 Å². The fourth-order valence-corrected chi connectivity index (χ4v) is 2.73. The molecule has 3 N–H and O–H groups in total. The minimum Gasteiger partial charge on any atom is -0.392 e. The fourth-order valence-electron chi connectivity index (χ4n) is 2.73. The van der Waals surface area contributed by atoms with E-state index in [1.54, 1.807) is 7.11 Å². The van der Waals surface area contributed by atoms with Gasteiger partial charge >= 0.3 is 0 Å². The number of hydrogen-bond acceptors (Lipinski definition) is 6. The van der Waals surface area contributed by atoms with Crippen LogP contribution in [0.15, 0.2) is 0 Å². The summed E-state index contributed by atoms with van der Waals surface area (Å²) in [5, 5.41) is 29.6. The summed E-state index contributed by atoms with van der Waals surface area (Å²) >= 11 is 0. The van der Waals surface area contributed by atoms with Gasteiger partial charge in [-0.3, -0.25) is 0 Å². The third kappa shape index (κ3) is 12.8. The topological polar surface area (TPSA) is 76.4 Å². The molecule has 4 atom stereocenters. The molecule has 23 heavy (non-hydrogen) atoms. The lowest BCUT2D eigenvalue weighted by molar-refractivity contribution is -0.150. The maximum Gasteiger partial charge on any atom is 0.0724 e. The normalized spacial score (nSPS) is 31.6. The minimum absolute atomic E-state index is 0.216. The first-order valence-electron chi connectivity index (χ1n) is 8.99. The predicted molar refractivity (Wildman–Crippen MR) is 93.8 cm³/mol. The average Bonchev–Trinajstić information content (AvgIpc) is 2.49. The maximum atomic E-state index is 9.13. The molecule has 4 unspecified atom stereocenters. The lowest BCUT2D eigenvalue weighted by Gasteiger charge is -2.31. The number of hydrogen-bond donors (Lipinski definition) is 3. The largest absolute Gasteiger partial charge is 0.392 e.